The molecule has 1 saturated heterocycles. The zero-order chi connectivity index (χ0) is 20.4. The largest absolute Gasteiger partial charge is 0.416 e. The Balaban J connectivity index is 1.39. The van der Waals surface area contributed by atoms with Crippen LogP contribution in [-0.4, -0.2) is 30.4 Å². The summed E-state index contributed by atoms with van der Waals surface area (Å²) in [5, 5.41) is 0. The first kappa shape index (κ1) is 20.0. The molecule has 0 unspecified atom stereocenters. The van der Waals surface area contributed by atoms with Crippen LogP contribution in [0.1, 0.15) is 36.0 Å². The number of fused-ring (bicyclic) bond motifs is 1. The first-order valence-electron chi connectivity index (χ1n) is 10.2. The number of hydrogen-bond acceptors (Lipinski definition) is 2. The minimum absolute atomic E-state index is 0.0599. The number of carbonyl (C=O) groups excluding carboxylic acids is 1. The molecule has 2 aliphatic heterocycles. The lowest BCUT2D eigenvalue weighted by atomic mass is 9.92. The molecule has 0 N–H and O–H groups in total. The van der Waals surface area contributed by atoms with Gasteiger partial charge in [-0.2, -0.15) is 13.2 Å². The molecule has 0 radical (unpaired) electrons. The van der Waals surface area contributed by atoms with E-state index in [1.807, 2.05) is 28.0 Å². The molecular weight excluding hydrogens is 377 g/mol. The van der Waals surface area contributed by atoms with Crippen molar-refractivity contribution in [1.82, 2.24) is 4.90 Å². The zero-order valence-electron chi connectivity index (χ0n) is 16.3. The lowest BCUT2D eigenvalue weighted by molar-refractivity contribution is -0.138. The lowest BCUT2D eigenvalue weighted by Crippen LogP contribution is -2.44. The maximum atomic E-state index is 13.2. The average Bonchev–Trinajstić information content (AvgIpc) is 2.73. The number of hydrogen-bond donors (Lipinski definition) is 0. The molecular formula is C23H25F3N2O. The summed E-state index contributed by atoms with van der Waals surface area (Å²) in [5.41, 5.74) is 1.97. The number of amides is 1. The van der Waals surface area contributed by atoms with Crippen molar-refractivity contribution in [2.45, 2.75) is 38.4 Å². The van der Waals surface area contributed by atoms with E-state index in [-0.39, 0.29) is 18.4 Å². The normalized spacial score (nSPS) is 18.5. The van der Waals surface area contributed by atoms with Crippen LogP contribution in [-0.2, 0) is 23.9 Å². The monoisotopic (exact) mass is 402 g/mol. The number of para-hydroxylation sites is 1. The predicted molar refractivity (Wildman–Crippen MR) is 107 cm³/mol. The van der Waals surface area contributed by atoms with Gasteiger partial charge in [-0.3, -0.25) is 9.69 Å². The van der Waals surface area contributed by atoms with Gasteiger partial charge in [0.1, 0.15) is 0 Å². The van der Waals surface area contributed by atoms with Crippen molar-refractivity contribution in [1.29, 1.82) is 0 Å². The Hall–Kier alpha value is -2.34. The van der Waals surface area contributed by atoms with Gasteiger partial charge in [0.2, 0.25) is 5.91 Å². The number of alkyl halides is 3. The van der Waals surface area contributed by atoms with Crippen LogP contribution in [0.15, 0.2) is 48.5 Å². The smallest absolute Gasteiger partial charge is 0.312 e. The van der Waals surface area contributed by atoms with Crippen LogP contribution in [0, 0.1) is 5.92 Å². The van der Waals surface area contributed by atoms with Crippen LogP contribution in [0.2, 0.25) is 0 Å². The van der Waals surface area contributed by atoms with Crippen LogP contribution in [0.25, 0.3) is 0 Å². The molecule has 2 aromatic rings. The van der Waals surface area contributed by atoms with Crippen molar-refractivity contribution in [3.8, 4) is 0 Å². The molecule has 0 bridgehead atoms. The van der Waals surface area contributed by atoms with Gasteiger partial charge < -0.3 is 4.90 Å². The van der Waals surface area contributed by atoms with E-state index in [1.54, 1.807) is 12.1 Å². The standard InChI is InChI=1S/C23H25F3N2O/c24-23(25,26)20-9-3-1-7-19(20)16-27-14-11-18(12-15-27)22(29)28-13-5-8-17-6-2-4-10-21(17)28/h1-4,6-7,9-10,18H,5,8,11-16H2. The molecule has 2 heterocycles. The molecule has 4 rings (SSSR count). The Morgan fingerprint density at radius 3 is 2.41 bits per heavy atom. The van der Waals surface area contributed by atoms with Crippen molar-refractivity contribution >= 4 is 11.6 Å². The highest BCUT2D eigenvalue weighted by molar-refractivity contribution is 5.96. The maximum Gasteiger partial charge on any atom is 0.416 e. The fraction of sp³-hybridized carbons (Fsp3) is 0.435. The molecule has 1 amide bonds. The highest BCUT2D eigenvalue weighted by Gasteiger charge is 2.35. The fourth-order valence-electron chi connectivity index (χ4n) is 4.50. The molecule has 6 heteroatoms. The van der Waals surface area contributed by atoms with Gasteiger partial charge in [-0.05, 0) is 62.0 Å². The molecule has 0 aromatic heterocycles. The zero-order valence-corrected chi connectivity index (χ0v) is 16.3. The molecule has 0 atom stereocenters. The van der Waals surface area contributed by atoms with Gasteiger partial charge in [-0.25, -0.2) is 0 Å². The van der Waals surface area contributed by atoms with E-state index < -0.39 is 11.7 Å². The highest BCUT2D eigenvalue weighted by atomic mass is 19.4. The summed E-state index contributed by atoms with van der Waals surface area (Å²) >= 11 is 0. The molecule has 0 spiro atoms. The van der Waals surface area contributed by atoms with Crippen molar-refractivity contribution < 1.29 is 18.0 Å². The van der Waals surface area contributed by atoms with Crippen LogP contribution in [0.3, 0.4) is 0 Å². The van der Waals surface area contributed by atoms with Gasteiger partial charge >= 0.3 is 6.18 Å². The number of likely N-dealkylation sites (tertiary alicyclic amines) is 1. The maximum absolute atomic E-state index is 13.2. The van der Waals surface area contributed by atoms with E-state index in [4.69, 9.17) is 0 Å². The summed E-state index contributed by atoms with van der Waals surface area (Å²) in [5.74, 6) is 0.0998. The summed E-state index contributed by atoms with van der Waals surface area (Å²) in [7, 11) is 0. The minimum Gasteiger partial charge on any atom is -0.312 e. The van der Waals surface area contributed by atoms with Crippen LogP contribution in [0.4, 0.5) is 18.9 Å². The van der Waals surface area contributed by atoms with E-state index in [2.05, 4.69) is 6.07 Å². The number of carbonyl (C=O) groups is 1. The number of benzene rings is 2. The second-order valence-electron chi connectivity index (χ2n) is 7.93. The lowest BCUT2D eigenvalue weighted by Gasteiger charge is -2.36. The van der Waals surface area contributed by atoms with Crippen molar-refractivity contribution in [2.24, 2.45) is 5.92 Å². The molecule has 2 aromatic carbocycles. The number of anilines is 1. The van der Waals surface area contributed by atoms with Gasteiger partial charge in [0.05, 0.1) is 5.56 Å². The van der Waals surface area contributed by atoms with E-state index in [0.717, 1.165) is 31.1 Å². The number of aryl methyl sites for hydroxylation is 1. The van der Waals surface area contributed by atoms with Crippen LogP contribution in [0.5, 0.6) is 0 Å². The summed E-state index contributed by atoms with van der Waals surface area (Å²) in [4.78, 5) is 17.1. The SMILES string of the molecule is O=C(C1CCN(Cc2ccccc2C(F)(F)F)CC1)N1CCCc2ccccc21. The molecule has 29 heavy (non-hydrogen) atoms. The summed E-state index contributed by atoms with van der Waals surface area (Å²) < 4.78 is 39.7. The first-order chi connectivity index (χ1) is 13.9. The van der Waals surface area contributed by atoms with Crippen molar-refractivity contribution in [2.75, 3.05) is 24.5 Å². The van der Waals surface area contributed by atoms with E-state index in [0.29, 0.717) is 31.5 Å². The quantitative estimate of drug-likeness (QED) is 0.729. The Morgan fingerprint density at radius 1 is 0.966 bits per heavy atom. The summed E-state index contributed by atoms with van der Waals surface area (Å²) in [6, 6.07) is 13.8. The second-order valence-corrected chi connectivity index (χ2v) is 7.93. The van der Waals surface area contributed by atoms with Crippen LogP contribution < -0.4 is 4.90 Å². The third-order valence-electron chi connectivity index (χ3n) is 6.03. The fourth-order valence-corrected chi connectivity index (χ4v) is 4.50. The number of halogens is 3. The highest BCUT2D eigenvalue weighted by Crippen LogP contribution is 2.34. The Kier molecular flexibility index (Phi) is 5.63. The summed E-state index contributed by atoms with van der Waals surface area (Å²) in [6.07, 6.45) is -1.00. The molecule has 3 nitrogen and oxygen atoms in total. The first-order valence-corrected chi connectivity index (χ1v) is 10.2. The van der Waals surface area contributed by atoms with Crippen molar-refractivity contribution in [3.05, 3.63) is 65.2 Å². The van der Waals surface area contributed by atoms with Gasteiger partial charge in [-0.1, -0.05) is 36.4 Å². The number of piperidine rings is 1. The van der Waals surface area contributed by atoms with Crippen LogP contribution >= 0.6 is 0 Å². The number of nitrogens with zero attached hydrogens (tertiary/aromatic N) is 2. The molecule has 154 valence electrons. The summed E-state index contributed by atoms with van der Waals surface area (Å²) in [6.45, 7) is 2.29. The van der Waals surface area contributed by atoms with E-state index in [9.17, 15) is 18.0 Å². The van der Waals surface area contributed by atoms with Gasteiger partial charge in [-0.15, -0.1) is 0 Å². The molecule has 2 aliphatic rings. The van der Waals surface area contributed by atoms with Gasteiger partial charge in [0, 0.05) is 24.7 Å². The third-order valence-corrected chi connectivity index (χ3v) is 6.03. The van der Waals surface area contributed by atoms with Gasteiger partial charge in [0.25, 0.3) is 0 Å². The average molecular weight is 402 g/mol. The Labute approximate surface area is 169 Å². The predicted octanol–water partition coefficient (Wildman–Crippen LogP) is 4.90. The molecule has 0 aliphatic carbocycles. The molecule has 1 fully saturated rings. The Morgan fingerprint density at radius 2 is 1.66 bits per heavy atom. The van der Waals surface area contributed by atoms with Gasteiger partial charge in [0.15, 0.2) is 0 Å². The number of rotatable bonds is 3. The van der Waals surface area contributed by atoms with E-state index >= 15 is 0 Å². The second kappa shape index (κ2) is 8.19. The topological polar surface area (TPSA) is 23.6 Å². The minimum atomic E-state index is -4.34. The third kappa shape index (κ3) is 4.32. The Bertz CT molecular complexity index is 872. The van der Waals surface area contributed by atoms with E-state index in [1.165, 1.54) is 11.6 Å². The van der Waals surface area contributed by atoms with Crippen molar-refractivity contribution in [3.63, 3.8) is 0 Å². The molecule has 0 saturated carbocycles.